The van der Waals surface area contributed by atoms with E-state index in [0.29, 0.717) is 27.9 Å². The molecule has 2 aromatic heterocycles. The minimum absolute atomic E-state index is 0.342. The van der Waals surface area contributed by atoms with Crippen molar-refractivity contribution in [2.45, 2.75) is 13.3 Å². The predicted octanol–water partition coefficient (Wildman–Crippen LogP) is 5.17. The van der Waals surface area contributed by atoms with E-state index < -0.39 is 11.8 Å². The Kier molecular flexibility index (Phi) is 6.75. The molecule has 0 aliphatic carbocycles. The minimum Gasteiger partial charge on any atom is -0.478 e. The average Bonchev–Trinajstić information content (AvgIpc) is 3.31. The monoisotopic (exact) mass is 478 g/mol. The van der Waals surface area contributed by atoms with Gasteiger partial charge >= 0.3 is 5.97 Å². The van der Waals surface area contributed by atoms with Crippen LogP contribution in [0.2, 0.25) is 5.02 Å². The smallest absolute Gasteiger partial charge is 0.328 e. The molecule has 0 saturated carbocycles. The summed E-state index contributed by atoms with van der Waals surface area (Å²) in [5.41, 5.74) is 5.13. The Morgan fingerprint density at radius 3 is 2.65 bits per heavy atom. The number of H-pyrrole nitrogens is 1. The molecule has 4 rings (SSSR count). The van der Waals surface area contributed by atoms with Gasteiger partial charge in [0.2, 0.25) is 12.4 Å². The van der Waals surface area contributed by atoms with Gasteiger partial charge < -0.3 is 5.11 Å². The third-order valence-corrected chi connectivity index (χ3v) is 5.79. The van der Waals surface area contributed by atoms with Gasteiger partial charge in [0, 0.05) is 27.8 Å². The van der Waals surface area contributed by atoms with E-state index in [0.717, 1.165) is 33.9 Å². The van der Waals surface area contributed by atoms with Crippen molar-refractivity contribution < 1.29 is 23.9 Å². The molecule has 2 N–H and O–H groups in total. The third-order valence-electron chi connectivity index (χ3n) is 5.48. The van der Waals surface area contributed by atoms with E-state index in [-0.39, 0.29) is 0 Å². The van der Waals surface area contributed by atoms with Gasteiger partial charge in [0.25, 0.3) is 0 Å². The Labute approximate surface area is 200 Å². The molecular formula is C26H22ClFN3O3+. The molecule has 0 fully saturated rings. The summed E-state index contributed by atoms with van der Waals surface area (Å²) in [6.07, 6.45) is 8.24. The highest BCUT2D eigenvalue weighted by molar-refractivity contribution is 6.32. The first-order chi connectivity index (χ1) is 16.4. The number of aromatic nitrogens is 3. The number of aromatic amines is 1. The number of pyridine rings is 1. The molecule has 0 unspecified atom stereocenters. The van der Waals surface area contributed by atoms with Crippen molar-refractivity contribution in [3.63, 3.8) is 0 Å². The maximum absolute atomic E-state index is 14.9. The number of carboxylic acid groups (broad SMARTS) is 1. The van der Waals surface area contributed by atoms with Gasteiger partial charge in [-0.1, -0.05) is 42.8 Å². The molecule has 0 aliphatic rings. The van der Waals surface area contributed by atoms with Crippen molar-refractivity contribution >= 4 is 45.7 Å². The quantitative estimate of drug-likeness (QED) is 0.284. The lowest BCUT2D eigenvalue weighted by atomic mass is 9.87. The number of aliphatic carboxylic acids is 1. The number of hydrogen-bond acceptors (Lipinski definition) is 3. The molecule has 0 spiro atoms. The van der Waals surface area contributed by atoms with Gasteiger partial charge in [-0.25, -0.2) is 9.18 Å². The number of allylic oxidation sites excluding steroid dienone is 1. The van der Waals surface area contributed by atoms with E-state index in [2.05, 4.69) is 10.2 Å². The second kappa shape index (κ2) is 9.89. The van der Waals surface area contributed by atoms with Crippen LogP contribution in [0.15, 0.2) is 67.1 Å². The number of halogens is 2. The van der Waals surface area contributed by atoms with Gasteiger partial charge in [0.05, 0.1) is 6.20 Å². The Bertz CT molecular complexity index is 1430. The number of nitrogens with one attached hydrogen (secondary N) is 1. The topological polar surface area (TPSA) is 79.1 Å². The summed E-state index contributed by atoms with van der Waals surface area (Å²) in [7, 11) is 1.54. The van der Waals surface area contributed by atoms with Crippen LogP contribution in [-0.4, -0.2) is 28.4 Å². The summed E-state index contributed by atoms with van der Waals surface area (Å²) in [4.78, 5) is 16.1. The highest BCUT2D eigenvalue weighted by atomic mass is 35.5. The normalized spacial score (nSPS) is 12.2. The Hall–Kier alpha value is -3.97. The Morgan fingerprint density at radius 2 is 2.00 bits per heavy atom. The van der Waals surface area contributed by atoms with Crippen LogP contribution in [0.4, 0.5) is 4.39 Å². The molecule has 0 saturated heterocycles. The highest BCUT2D eigenvalue weighted by Crippen LogP contribution is 2.38. The van der Waals surface area contributed by atoms with E-state index in [1.54, 1.807) is 25.7 Å². The summed E-state index contributed by atoms with van der Waals surface area (Å²) in [6, 6.07) is 12.6. The molecule has 0 aliphatic heterocycles. The first-order valence-electron chi connectivity index (χ1n) is 10.5. The zero-order valence-corrected chi connectivity index (χ0v) is 19.3. The number of hydrogen-bond donors (Lipinski definition) is 2. The summed E-state index contributed by atoms with van der Waals surface area (Å²) in [5.74, 6) is -1.43. The fourth-order valence-electron chi connectivity index (χ4n) is 3.91. The first kappa shape index (κ1) is 23.2. The van der Waals surface area contributed by atoms with Crippen molar-refractivity contribution in [3.8, 4) is 0 Å². The summed E-state index contributed by atoms with van der Waals surface area (Å²) in [6.45, 7) is 2.01. The van der Waals surface area contributed by atoms with Gasteiger partial charge in [-0.3, -0.25) is 9.94 Å². The Morgan fingerprint density at radius 1 is 1.24 bits per heavy atom. The first-order valence-corrected chi connectivity index (χ1v) is 10.9. The summed E-state index contributed by atoms with van der Waals surface area (Å²) in [5, 5.41) is 16.7. The van der Waals surface area contributed by atoms with Crippen molar-refractivity contribution in [1.82, 2.24) is 10.2 Å². The standard InChI is InChI=1S/C26H21ClFN3O3/c1-3-20(21-10-11-31(34-2)15-22(21)27)25(17-7-4-16(5-8-17)6-9-24(32)33)18-12-19-14-29-30-26(19)23(28)13-18/h4-15H,3H2,1-2H3,(H,32,33)/p+1/b9-6+. The molecular weight excluding hydrogens is 457 g/mol. The summed E-state index contributed by atoms with van der Waals surface area (Å²) < 4.78 is 16.4. The van der Waals surface area contributed by atoms with Gasteiger partial charge in [-0.15, -0.1) is 0 Å². The molecule has 172 valence electrons. The fourth-order valence-corrected chi connectivity index (χ4v) is 4.19. The van der Waals surface area contributed by atoms with E-state index >= 15 is 0 Å². The molecule has 6 nitrogen and oxygen atoms in total. The lowest BCUT2D eigenvalue weighted by molar-refractivity contribution is -0.885. The maximum Gasteiger partial charge on any atom is 0.328 e. The van der Waals surface area contributed by atoms with Gasteiger partial charge in [0.15, 0.2) is 0 Å². The van der Waals surface area contributed by atoms with Crippen molar-refractivity contribution in [3.05, 3.63) is 100 Å². The number of rotatable bonds is 7. The van der Waals surface area contributed by atoms with Crippen LogP contribution in [0.3, 0.4) is 0 Å². The van der Waals surface area contributed by atoms with Gasteiger partial charge in [-0.2, -0.15) is 5.10 Å². The predicted molar refractivity (Wildman–Crippen MR) is 130 cm³/mol. The van der Waals surface area contributed by atoms with Crippen LogP contribution in [0.5, 0.6) is 0 Å². The SMILES string of the molecule is CC/C(=C(/c1ccc(/C=C/C(=O)O)cc1)c1cc(F)c2[nH]ncc2c1)c1cc[n+](OC)cc1Cl. The van der Waals surface area contributed by atoms with Crippen molar-refractivity contribution in [2.24, 2.45) is 0 Å². The molecule has 0 radical (unpaired) electrons. The third kappa shape index (κ3) is 4.70. The zero-order chi connectivity index (χ0) is 24.2. The molecule has 0 atom stereocenters. The number of fused-ring (bicyclic) bond motifs is 1. The lowest BCUT2D eigenvalue weighted by Gasteiger charge is -2.17. The summed E-state index contributed by atoms with van der Waals surface area (Å²) >= 11 is 6.62. The molecule has 4 aromatic rings. The Balaban J connectivity index is 1.96. The molecule has 0 amide bonds. The van der Waals surface area contributed by atoms with Gasteiger partial charge in [0.1, 0.15) is 23.5 Å². The zero-order valence-electron chi connectivity index (χ0n) is 18.5. The van der Waals surface area contributed by atoms with Crippen LogP contribution in [0.1, 0.15) is 35.6 Å². The maximum atomic E-state index is 14.9. The number of nitrogens with zero attached hydrogens (tertiary/aromatic N) is 2. The molecule has 0 bridgehead atoms. The largest absolute Gasteiger partial charge is 0.478 e. The van der Waals surface area contributed by atoms with Crippen molar-refractivity contribution in [2.75, 3.05) is 7.11 Å². The van der Waals surface area contributed by atoms with Crippen LogP contribution in [0.25, 0.3) is 28.1 Å². The van der Waals surface area contributed by atoms with Gasteiger partial charge in [-0.05, 0) is 52.5 Å². The van der Waals surface area contributed by atoms with E-state index in [9.17, 15) is 9.18 Å². The number of carboxylic acids is 1. The van der Waals surface area contributed by atoms with Crippen LogP contribution in [0, 0.1) is 5.82 Å². The minimum atomic E-state index is -1.02. The van der Waals surface area contributed by atoms with E-state index in [1.807, 2.05) is 43.3 Å². The van der Waals surface area contributed by atoms with Crippen LogP contribution in [-0.2, 0) is 4.79 Å². The average molecular weight is 479 g/mol. The van der Waals surface area contributed by atoms with Crippen molar-refractivity contribution in [1.29, 1.82) is 0 Å². The second-order valence-corrected chi connectivity index (χ2v) is 7.95. The molecule has 8 heteroatoms. The van der Waals surface area contributed by atoms with E-state index in [1.165, 1.54) is 16.9 Å². The number of benzene rings is 2. The van der Waals surface area contributed by atoms with Crippen LogP contribution >= 0.6 is 11.6 Å². The highest BCUT2D eigenvalue weighted by Gasteiger charge is 2.19. The van der Waals surface area contributed by atoms with Crippen LogP contribution < -0.4 is 9.57 Å². The lowest BCUT2D eigenvalue weighted by Crippen LogP contribution is -2.39. The second-order valence-electron chi connectivity index (χ2n) is 7.54. The van der Waals surface area contributed by atoms with E-state index in [4.69, 9.17) is 21.5 Å². The number of carbonyl (C=O) groups is 1. The molecule has 34 heavy (non-hydrogen) atoms. The fraction of sp³-hybridized carbons (Fsp3) is 0.115. The molecule has 2 aromatic carbocycles. The molecule has 2 heterocycles.